The summed E-state index contributed by atoms with van der Waals surface area (Å²) < 4.78 is 4.97. The number of aryl methyl sites for hydroxylation is 1. The van der Waals surface area contributed by atoms with Gasteiger partial charge in [-0.05, 0) is 25.0 Å². The molecule has 0 aliphatic rings. The second-order valence-corrected chi connectivity index (χ2v) is 5.06. The quantitative estimate of drug-likeness (QED) is 0.622. The fraction of sp³-hybridized carbons (Fsp3) is 0.467. The average Bonchev–Trinajstić information content (AvgIpc) is 2.49. The first-order valence-electron chi connectivity index (χ1n) is 7.17. The molecule has 2 amide bonds. The van der Waals surface area contributed by atoms with Crippen molar-refractivity contribution in [2.45, 2.75) is 20.3 Å². The minimum Gasteiger partial charge on any atom is -0.383 e. The number of ether oxygens (including phenoxy) is 1. The third-order valence-corrected chi connectivity index (χ3v) is 3.61. The Morgan fingerprint density at radius 1 is 1.41 bits per heavy atom. The van der Waals surface area contributed by atoms with Crippen molar-refractivity contribution in [1.29, 1.82) is 5.41 Å². The number of hydrogen-bond acceptors (Lipinski definition) is 3. The van der Waals surface area contributed by atoms with Crippen LogP contribution in [0.2, 0.25) is 5.02 Å². The number of benzene rings is 1. The van der Waals surface area contributed by atoms with Crippen LogP contribution in [0.25, 0.3) is 0 Å². The maximum Gasteiger partial charge on any atom is 0.331 e. The predicted molar refractivity (Wildman–Crippen MR) is 89.7 cm³/mol. The lowest BCUT2D eigenvalue weighted by Crippen LogP contribution is -2.50. The van der Waals surface area contributed by atoms with E-state index in [1.165, 1.54) is 16.9 Å². The molecule has 0 spiro atoms. The maximum atomic E-state index is 12.8. The summed E-state index contributed by atoms with van der Waals surface area (Å²) in [7, 11) is 1.53. The molecule has 0 saturated carbocycles. The number of nitrogens with one attached hydrogen (secondary N) is 1. The van der Waals surface area contributed by atoms with Gasteiger partial charge in [-0.2, -0.15) is 0 Å². The van der Waals surface area contributed by atoms with Crippen LogP contribution in [0.4, 0.5) is 10.5 Å². The molecule has 0 atom stereocenters. The van der Waals surface area contributed by atoms with Crippen molar-refractivity contribution in [2.75, 3.05) is 31.7 Å². The van der Waals surface area contributed by atoms with E-state index >= 15 is 0 Å². The summed E-state index contributed by atoms with van der Waals surface area (Å²) in [6, 6.07) is 5.16. The van der Waals surface area contributed by atoms with Gasteiger partial charge >= 0.3 is 6.03 Å². The number of hydrogen-bond donors (Lipinski definition) is 2. The molecule has 0 aliphatic carbocycles. The zero-order valence-corrected chi connectivity index (χ0v) is 14.0. The number of nitrogens with zero attached hydrogens (tertiary/aromatic N) is 2. The number of rotatable bonds is 6. The van der Waals surface area contributed by atoms with E-state index in [1.54, 1.807) is 6.07 Å². The van der Waals surface area contributed by atoms with Crippen molar-refractivity contribution < 1.29 is 9.53 Å². The van der Waals surface area contributed by atoms with Gasteiger partial charge in [0.1, 0.15) is 0 Å². The number of amides is 2. The fourth-order valence-corrected chi connectivity index (χ4v) is 2.48. The van der Waals surface area contributed by atoms with E-state index in [2.05, 4.69) is 0 Å². The first-order valence-corrected chi connectivity index (χ1v) is 7.55. The van der Waals surface area contributed by atoms with Gasteiger partial charge in [0, 0.05) is 13.7 Å². The van der Waals surface area contributed by atoms with E-state index in [9.17, 15) is 4.79 Å². The van der Waals surface area contributed by atoms with Gasteiger partial charge in [0.15, 0.2) is 5.96 Å². The smallest absolute Gasteiger partial charge is 0.331 e. The van der Waals surface area contributed by atoms with Crippen LogP contribution >= 0.6 is 11.6 Å². The van der Waals surface area contributed by atoms with Crippen molar-refractivity contribution in [3.8, 4) is 0 Å². The largest absolute Gasteiger partial charge is 0.383 e. The summed E-state index contributed by atoms with van der Waals surface area (Å²) in [5, 5.41) is 8.12. The Morgan fingerprint density at radius 3 is 2.59 bits per heavy atom. The summed E-state index contributed by atoms with van der Waals surface area (Å²) in [6.07, 6.45) is 0.748. The second-order valence-electron chi connectivity index (χ2n) is 4.66. The molecular weight excluding hydrogens is 304 g/mol. The first kappa shape index (κ1) is 18.3. The Morgan fingerprint density at radius 2 is 2.09 bits per heavy atom. The highest BCUT2D eigenvalue weighted by molar-refractivity contribution is 6.34. The van der Waals surface area contributed by atoms with E-state index in [0.717, 1.165) is 12.0 Å². The lowest BCUT2D eigenvalue weighted by molar-refractivity contribution is 0.174. The molecule has 1 rings (SSSR count). The summed E-state index contributed by atoms with van der Waals surface area (Å²) in [4.78, 5) is 15.5. The topological polar surface area (TPSA) is 82.7 Å². The Kier molecular flexibility index (Phi) is 7.14. The zero-order chi connectivity index (χ0) is 16.7. The van der Waals surface area contributed by atoms with Crippen LogP contribution in [-0.2, 0) is 11.2 Å². The van der Waals surface area contributed by atoms with Crippen LogP contribution in [0.15, 0.2) is 18.2 Å². The number of anilines is 1. The highest BCUT2D eigenvalue weighted by Gasteiger charge is 2.26. The van der Waals surface area contributed by atoms with Crippen LogP contribution in [0, 0.1) is 5.41 Å². The third kappa shape index (κ3) is 4.11. The van der Waals surface area contributed by atoms with Crippen LogP contribution in [0.5, 0.6) is 0 Å². The number of para-hydroxylation sites is 1. The molecule has 3 N–H and O–H groups in total. The predicted octanol–water partition coefficient (Wildman–Crippen LogP) is 2.69. The van der Waals surface area contributed by atoms with E-state index in [4.69, 9.17) is 27.5 Å². The Balaban J connectivity index is 3.19. The average molecular weight is 327 g/mol. The minimum atomic E-state index is -0.380. The summed E-state index contributed by atoms with van der Waals surface area (Å²) in [5.74, 6) is -0.314. The molecule has 0 bridgehead atoms. The molecule has 0 aliphatic heterocycles. The van der Waals surface area contributed by atoms with Crippen molar-refractivity contribution in [2.24, 2.45) is 5.73 Å². The van der Waals surface area contributed by atoms with Gasteiger partial charge in [-0.25, -0.2) is 4.79 Å². The summed E-state index contributed by atoms with van der Waals surface area (Å²) in [6.45, 7) is 4.79. The molecule has 22 heavy (non-hydrogen) atoms. The molecule has 0 aromatic heterocycles. The molecular formula is C15H23ClN4O2. The molecule has 0 unspecified atom stereocenters. The van der Waals surface area contributed by atoms with Gasteiger partial charge in [0.05, 0.1) is 23.9 Å². The molecule has 0 saturated heterocycles. The number of urea groups is 1. The van der Waals surface area contributed by atoms with Gasteiger partial charge in [-0.15, -0.1) is 0 Å². The number of methoxy groups -OCH3 is 1. The number of carbonyl (C=O) groups excluding carboxylic acids is 1. The van der Waals surface area contributed by atoms with Gasteiger partial charge in [-0.1, -0.05) is 30.7 Å². The van der Waals surface area contributed by atoms with Gasteiger partial charge in [0.25, 0.3) is 0 Å². The molecule has 122 valence electrons. The fourth-order valence-electron chi connectivity index (χ4n) is 2.18. The van der Waals surface area contributed by atoms with Crippen LogP contribution in [0.1, 0.15) is 19.4 Å². The highest BCUT2D eigenvalue weighted by atomic mass is 35.5. The Labute approximate surface area is 136 Å². The highest BCUT2D eigenvalue weighted by Crippen LogP contribution is 2.31. The van der Waals surface area contributed by atoms with E-state index in [0.29, 0.717) is 23.9 Å². The molecule has 6 nitrogen and oxygen atoms in total. The molecule has 1 aromatic carbocycles. The monoisotopic (exact) mass is 326 g/mol. The zero-order valence-electron chi connectivity index (χ0n) is 13.2. The number of halogens is 1. The SMILES string of the molecule is CCc1cccc(Cl)c1N(CC)C(=O)N(CCOC)C(=N)N. The van der Waals surface area contributed by atoms with E-state index in [-0.39, 0.29) is 18.5 Å². The molecule has 0 heterocycles. The van der Waals surface area contributed by atoms with E-state index in [1.807, 2.05) is 26.0 Å². The van der Waals surface area contributed by atoms with Crippen LogP contribution in [0.3, 0.4) is 0 Å². The number of guanidine groups is 1. The molecule has 7 heteroatoms. The van der Waals surface area contributed by atoms with Crippen molar-refractivity contribution >= 4 is 29.3 Å². The summed E-state index contributed by atoms with van der Waals surface area (Å²) >= 11 is 6.29. The van der Waals surface area contributed by atoms with E-state index < -0.39 is 0 Å². The molecule has 1 aromatic rings. The van der Waals surface area contributed by atoms with Crippen LogP contribution < -0.4 is 10.6 Å². The second kappa shape index (κ2) is 8.60. The normalized spacial score (nSPS) is 10.4. The molecule has 0 radical (unpaired) electrons. The minimum absolute atomic E-state index is 0.215. The maximum absolute atomic E-state index is 12.8. The van der Waals surface area contributed by atoms with Crippen molar-refractivity contribution in [3.05, 3.63) is 28.8 Å². The van der Waals surface area contributed by atoms with Gasteiger partial charge in [0.2, 0.25) is 0 Å². The first-order chi connectivity index (χ1) is 10.5. The molecule has 0 fully saturated rings. The standard InChI is InChI=1S/C15H23ClN4O2/c1-4-11-7-6-8-12(16)13(11)19(5-2)15(21)20(14(17)18)9-10-22-3/h6-8H,4-5,9-10H2,1-3H3,(H3,17,18). The van der Waals surface area contributed by atoms with Crippen LogP contribution in [-0.4, -0.2) is 43.7 Å². The number of nitrogens with two attached hydrogens (primary N) is 1. The lowest BCUT2D eigenvalue weighted by atomic mass is 10.1. The van der Waals surface area contributed by atoms with Crippen molar-refractivity contribution in [3.63, 3.8) is 0 Å². The van der Waals surface area contributed by atoms with Gasteiger partial charge in [-0.3, -0.25) is 15.2 Å². The van der Waals surface area contributed by atoms with Gasteiger partial charge < -0.3 is 10.5 Å². The third-order valence-electron chi connectivity index (χ3n) is 3.31. The Bertz CT molecular complexity index is 536. The summed E-state index contributed by atoms with van der Waals surface area (Å²) in [5.41, 5.74) is 7.17. The van der Waals surface area contributed by atoms with Crippen molar-refractivity contribution in [1.82, 2.24) is 4.90 Å². The lowest BCUT2D eigenvalue weighted by Gasteiger charge is -2.30. The Hall–Kier alpha value is -1.79. The number of carbonyl (C=O) groups is 1.